The van der Waals surface area contributed by atoms with Crippen LogP contribution >= 0.6 is 11.6 Å². The molecule has 0 radical (unpaired) electrons. The lowest BCUT2D eigenvalue weighted by Crippen LogP contribution is -2.19. The molecule has 8 rings (SSSR count). The largest absolute Gasteiger partial charge is 0.462 e. The first-order valence-corrected chi connectivity index (χ1v) is 22.2. The van der Waals surface area contributed by atoms with Gasteiger partial charge in [-0.05, 0) is 156 Å². The number of hydrogen-bond donors (Lipinski definition) is 0. The Labute approximate surface area is 374 Å². The number of rotatable bonds is 7. The minimum absolute atomic E-state index is 0.00342. The molecule has 5 heteroatoms. The van der Waals surface area contributed by atoms with Crippen LogP contribution in [0.3, 0.4) is 0 Å². The average molecular weight is 842 g/mol. The van der Waals surface area contributed by atoms with Crippen LogP contribution in [0.4, 0.5) is 34.1 Å². The topological polar surface area (TPSA) is 32.8 Å². The summed E-state index contributed by atoms with van der Waals surface area (Å²) >= 11 is 8.05. The number of para-hydroxylation sites is 1. The second-order valence-electron chi connectivity index (χ2n) is 20.5. The van der Waals surface area contributed by atoms with Crippen molar-refractivity contribution in [2.24, 2.45) is 0 Å². The fourth-order valence-electron chi connectivity index (χ4n) is 8.90. The third-order valence-electron chi connectivity index (χ3n) is 12.3. The van der Waals surface area contributed by atoms with Gasteiger partial charge in [0, 0.05) is 22.0 Å². The van der Waals surface area contributed by atoms with Gasteiger partial charge in [-0.2, -0.15) is 0 Å². The summed E-state index contributed by atoms with van der Waals surface area (Å²) in [5, 5.41) is 2.76. The van der Waals surface area contributed by atoms with Crippen molar-refractivity contribution < 1.29 is 8.83 Å². The van der Waals surface area contributed by atoms with E-state index in [0.717, 1.165) is 95.2 Å². The maximum absolute atomic E-state index is 8.05. The standard InChI is InChI=1S/C57H61ClN2O2/c1-34-25-46(59(44-22-19-41(20-23-44)55(6,7)8)53-35(2)27-40(28-36(53)3)51-31-39-17-15-16-18-49(39)62-51)52(58)47(26-34)60(54-37(4)29-43(30-38(54)5)57(12,13)14)48-33-61-50-24-21-42(32-45(48)50)56(9,10)11/h15-33H,1-14H3. The molecule has 0 atom stereocenters. The monoisotopic (exact) mass is 840 g/mol. The molecule has 8 aromatic rings. The molecule has 0 spiro atoms. The lowest BCUT2D eigenvalue weighted by Gasteiger charge is -2.34. The Morgan fingerprint density at radius 1 is 0.484 bits per heavy atom. The molecule has 0 unspecified atom stereocenters. The smallest absolute Gasteiger partial charge is 0.136 e. The molecule has 62 heavy (non-hydrogen) atoms. The van der Waals surface area contributed by atoms with Gasteiger partial charge in [-0.1, -0.05) is 122 Å². The zero-order chi connectivity index (χ0) is 44.6. The number of fused-ring (bicyclic) bond motifs is 2. The highest BCUT2D eigenvalue weighted by Crippen LogP contribution is 2.52. The molecule has 0 aliphatic carbocycles. The first-order chi connectivity index (χ1) is 29.1. The van der Waals surface area contributed by atoms with E-state index in [4.69, 9.17) is 20.4 Å². The van der Waals surface area contributed by atoms with Crippen LogP contribution in [0.5, 0.6) is 0 Å². The average Bonchev–Trinajstić information content (AvgIpc) is 3.82. The lowest BCUT2D eigenvalue weighted by molar-refractivity contribution is 0.589. The summed E-state index contributed by atoms with van der Waals surface area (Å²) in [5.41, 5.74) is 18.0. The number of nitrogens with zero attached hydrogens (tertiary/aromatic N) is 2. The van der Waals surface area contributed by atoms with Crippen molar-refractivity contribution in [3.8, 4) is 11.3 Å². The number of furan rings is 2. The summed E-state index contributed by atoms with van der Waals surface area (Å²) in [6, 6.07) is 39.5. The predicted octanol–water partition coefficient (Wildman–Crippen LogP) is 17.9. The van der Waals surface area contributed by atoms with Crippen LogP contribution in [0.15, 0.2) is 124 Å². The molecule has 0 aliphatic heterocycles. The molecule has 0 aliphatic rings. The third kappa shape index (κ3) is 7.95. The normalized spacial score (nSPS) is 12.4. The summed E-state index contributed by atoms with van der Waals surface area (Å²) in [5.74, 6) is 0.849. The molecule has 0 N–H and O–H groups in total. The maximum Gasteiger partial charge on any atom is 0.136 e. The molecule has 4 nitrogen and oxygen atoms in total. The number of anilines is 6. The van der Waals surface area contributed by atoms with Gasteiger partial charge >= 0.3 is 0 Å². The van der Waals surface area contributed by atoms with E-state index < -0.39 is 0 Å². The number of halogens is 1. The third-order valence-corrected chi connectivity index (χ3v) is 12.7. The molecule has 2 aromatic heterocycles. The second-order valence-corrected chi connectivity index (χ2v) is 20.9. The fraction of sp³-hybridized carbons (Fsp3) is 0.298. The van der Waals surface area contributed by atoms with Gasteiger partial charge in [0.05, 0.1) is 33.5 Å². The summed E-state index contributed by atoms with van der Waals surface area (Å²) in [4.78, 5) is 4.70. The Hall–Kier alpha value is -5.71. The van der Waals surface area contributed by atoms with E-state index in [2.05, 4.69) is 198 Å². The van der Waals surface area contributed by atoms with Crippen molar-refractivity contribution in [2.45, 2.75) is 113 Å². The van der Waals surface area contributed by atoms with Crippen LogP contribution < -0.4 is 9.80 Å². The molecule has 0 amide bonds. The van der Waals surface area contributed by atoms with Gasteiger partial charge in [0.15, 0.2) is 0 Å². The van der Waals surface area contributed by atoms with Gasteiger partial charge in [0.2, 0.25) is 0 Å². The van der Waals surface area contributed by atoms with Crippen molar-refractivity contribution in [3.63, 3.8) is 0 Å². The van der Waals surface area contributed by atoms with E-state index in [1.807, 2.05) is 24.5 Å². The predicted molar refractivity (Wildman–Crippen MR) is 266 cm³/mol. The summed E-state index contributed by atoms with van der Waals surface area (Å²) in [7, 11) is 0. The van der Waals surface area contributed by atoms with Gasteiger partial charge in [-0.3, -0.25) is 0 Å². The molecule has 318 valence electrons. The maximum atomic E-state index is 8.05. The van der Waals surface area contributed by atoms with E-state index in [-0.39, 0.29) is 16.2 Å². The van der Waals surface area contributed by atoms with Crippen LogP contribution in [-0.2, 0) is 16.2 Å². The molecule has 0 saturated heterocycles. The van der Waals surface area contributed by atoms with Crippen LogP contribution in [0.2, 0.25) is 5.02 Å². The van der Waals surface area contributed by atoms with Crippen LogP contribution in [0.1, 0.15) is 107 Å². The van der Waals surface area contributed by atoms with Crippen molar-refractivity contribution in [3.05, 3.63) is 165 Å². The van der Waals surface area contributed by atoms with Crippen molar-refractivity contribution >= 4 is 67.7 Å². The van der Waals surface area contributed by atoms with Gasteiger partial charge in [-0.25, -0.2) is 0 Å². The highest BCUT2D eigenvalue weighted by atomic mass is 35.5. The highest BCUT2D eigenvalue weighted by molar-refractivity contribution is 6.37. The van der Waals surface area contributed by atoms with E-state index >= 15 is 0 Å². The molecule has 2 heterocycles. The van der Waals surface area contributed by atoms with Gasteiger partial charge in [-0.15, -0.1) is 0 Å². The summed E-state index contributed by atoms with van der Waals surface area (Å²) in [6.45, 7) is 31.3. The summed E-state index contributed by atoms with van der Waals surface area (Å²) < 4.78 is 12.8. The summed E-state index contributed by atoms with van der Waals surface area (Å²) in [6.07, 6.45) is 1.90. The molecule has 0 fully saturated rings. The van der Waals surface area contributed by atoms with Gasteiger partial charge in [0.25, 0.3) is 0 Å². The van der Waals surface area contributed by atoms with Crippen molar-refractivity contribution in [1.29, 1.82) is 0 Å². The minimum atomic E-state index is -0.0549. The first-order valence-electron chi connectivity index (χ1n) is 21.8. The highest BCUT2D eigenvalue weighted by Gasteiger charge is 2.30. The van der Waals surface area contributed by atoms with Crippen LogP contribution in [0, 0.1) is 34.6 Å². The number of aryl methyl sites for hydroxylation is 5. The van der Waals surface area contributed by atoms with E-state index in [9.17, 15) is 0 Å². The quantitative estimate of drug-likeness (QED) is 0.160. The number of benzene rings is 6. The molecule has 0 bridgehead atoms. The number of hydrogen-bond acceptors (Lipinski definition) is 4. The zero-order valence-corrected chi connectivity index (χ0v) is 39.8. The molecule has 6 aromatic carbocycles. The van der Waals surface area contributed by atoms with Gasteiger partial charge in [0.1, 0.15) is 23.2 Å². The van der Waals surface area contributed by atoms with E-state index in [1.54, 1.807) is 0 Å². The molecular formula is C57H61ClN2O2. The van der Waals surface area contributed by atoms with Crippen LogP contribution in [-0.4, -0.2) is 0 Å². The first kappa shape index (κ1) is 43.0. The lowest BCUT2D eigenvalue weighted by atomic mass is 9.84. The Balaban J connectivity index is 1.40. The van der Waals surface area contributed by atoms with Crippen molar-refractivity contribution in [2.75, 3.05) is 9.80 Å². The van der Waals surface area contributed by atoms with E-state index in [1.165, 1.54) is 16.7 Å². The Morgan fingerprint density at radius 3 is 1.60 bits per heavy atom. The fourth-order valence-corrected chi connectivity index (χ4v) is 9.18. The Bertz CT molecular complexity index is 2900. The minimum Gasteiger partial charge on any atom is -0.462 e. The zero-order valence-electron chi connectivity index (χ0n) is 39.1. The van der Waals surface area contributed by atoms with E-state index in [0.29, 0.717) is 5.02 Å². The van der Waals surface area contributed by atoms with Gasteiger partial charge < -0.3 is 18.6 Å². The Morgan fingerprint density at radius 2 is 1.02 bits per heavy atom. The molecular weight excluding hydrogens is 780 g/mol. The van der Waals surface area contributed by atoms with Crippen LogP contribution in [0.25, 0.3) is 33.3 Å². The SMILES string of the molecule is Cc1cc(N(c2ccc(C(C)(C)C)cc2)c2c(C)cc(-c3cc4ccccc4o3)cc2C)c(Cl)c(N(c2c(C)cc(C(C)(C)C)cc2C)c2coc3ccc(C(C)(C)C)cc23)c1. The van der Waals surface area contributed by atoms with Crippen molar-refractivity contribution in [1.82, 2.24) is 0 Å². The molecule has 0 saturated carbocycles. The Kier molecular flexibility index (Phi) is 10.8. The second kappa shape index (κ2) is 15.6.